The van der Waals surface area contributed by atoms with Gasteiger partial charge in [-0.3, -0.25) is 4.99 Å². The second-order valence-electron chi connectivity index (χ2n) is 6.02. The van der Waals surface area contributed by atoms with E-state index in [0.29, 0.717) is 6.54 Å². The van der Waals surface area contributed by atoms with Gasteiger partial charge in [0.15, 0.2) is 5.96 Å². The molecule has 0 aliphatic rings. The zero-order chi connectivity index (χ0) is 18.2. The lowest BCUT2D eigenvalue weighted by atomic mass is 10.2. The van der Waals surface area contributed by atoms with Gasteiger partial charge in [0.1, 0.15) is 11.6 Å². The summed E-state index contributed by atoms with van der Waals surface area (Å²) >= 11 is 0. The molecule has 1 aromatic carbocycles. The number of hydrogen-bond acceptors (Lipinski definition) is 4. The van der Waals surface area contributed by atoms with Crippen LogP contribution in [0.4, 0.5) is 5.82 Å². The Morgan fingerprint density at radius 3 is 2.44 bits per heavy atom. The first-order valence-corrected chi connectivity index (χ1v) is 8.20. The topological polar surface area (TPSA) is 53.0 Å². The maximum absolute atomic E-state index is 5.20. The molecule has 0 amide bonds. The standard InChI is InChI=1S/C19H27N5O/c1-20-19(22-13-16-10-11-21-18(12-16)23(2)3)24(4)14-15-6-8-17(25-5)9-7-15/h6-12H,13-14H2,1-5H3,(H,20,22). The molecule has 0 saturated heterocycles. The first-order valence-electron chi connectivity index (χ1n) is 8.20. The van der Waals surface area contributed by atoms with E-state index in [9.17, 15) is 0 Å². The Morgan fingerprint density at radius 2 is 1.84 bits per heavy atom. The lowest BCUT2D eigenvalue weighted by Gasteiger charge is -2.22. The van der Waals surface area contributed by atoms with Gasteiger partial charge < -0.3 is 19.9 Å². The highest BCUT2D eigenvalue weighted by Gasteiger charge is 2.07. The van der Waals surface area contributed by atoms with Gasteiger partial charge in [0.25, 0.3) is 0 Å². The lowest BCUT2D eigenvalue weighted by Crippen LogP contribution is -2.38. The van der Waals surface area contributed by atoms with E-state index in [4.69, 9.17) is 4.74 Å². The van der Waals surface area contributed by atoms with Crippen LogP contribution in [0, 0.1) is 0 Å². The number of rotatable bonds is 6. The van der Waals surface area contributed by atoms with Crippen LogP contribution in [0.1, 0.15) is 11.1 Å². The van der Waals surface area contributed by atoms with Crippen molar-refractivity contribution in [2.75, 3.05) is 40.2 Å². The molecule has 134 valence electrons. The van der Waals surface area contributed by atoms with Gasteiger partial charge in [-0.05, 0) is 35.4 Å². The molecule has 2 aromatic rings. The van der Waals surface area contributed by atoms with Crippen LogP contribution in [0.15, 0.2) is 47.6 Å². The minimum Gasteiger partial charge on any atom is -0.497 e. The molecule has 0 fully saturated rings. The number of hydrogen-bond donors (Lipinski definition) is 1. The van der Waals surface area contributed by atoms with Gasteiger partial charge in [-0.1, -0.05) is 12.1 Å². The molecule has 0 bridgehead atoms. The van der Waals surface area contributed by atoms with Gasteiger partial charge in [0, 0.05) is 47.5 Å². The number of methoxy groups -OCH3 is 1. The van der Waals surface area contributed by atoms with Crippen LogP contribution in [0.25, 0.3) is 0 Å². The number of ether oxygens (including phenoxy) is 1. The SMILES string of the molecule is CN=C(NCc1ccnc(N(C)C)c1)N(C)Cc1ccc(OC)cc1. The highest BCUT2D eigenvalue weighted by Crippen LogP contribution is 2.13. The van der Waals surface area contributed by atoms with Gasteiger partial charge >= 0.3 is 0 Å². The normalized spacial score (nSPS) is 11.2. The van der Waals surface area contributed by atoms with Crippen molar-refractivity contribution in [1.29, 1.82) is 0 Å². The Bertz CT molecular complexity index is 697. The zero-order valence-corrected chi connectivity index (χ0v) is 15.7. The van der Waals surface area contributed by atoms with Crippen LogP contribution in [0.2, 0.25) is 0 Å². The monoisotopic (exact) mass is 341 g/mol. The summed E-state index contributed by atoms with van der Waals surface area (Å²) in [6.07, 6.45) is 1.83. The summed E-state index contributed by atoms with van der Waals surface area (Å²) in [6.45, 7) is 1.46. The van der Waals surface area contributed by atoms with Crippen LogP contribution in [0.5, 0.6) is 5.75 Å². The number of benzene rings is 1. The van der Waals surface area contributed by atoms with E-state index >= 15 is 0 Å². The van der Waals surface area contributed by atoms with Crippen LogP contribution in [-0.4, -0.2) is 51.1 Å². The number of pyridine rings is 1. The summed E-state index contributed by atoms with van der Waals surface area (Å²) in [4.78, 5) is 12.8. The first kappa shape index (κ1) is 18.6. The highest BCUT2D eigenvalue weighted by molar-refractivity contribution is 5.79. The highest BCUT2D eigenvalue weighted by atomic mass is 16.5. The molecule has 6 nitrogen and oxygen atoms in total. The summed E-state index contributed by atoms with van der Waals surface area (Å²) < 4.78 is 5.20. The van der Waals surface area contributed by atoms with Crippen LogP contribution >= 0.6 is 0 Å². The molecule has 0 saturated carbocycles. The smallest absolute Gasteiger partial charge is 0.193 e. The molecule has 0 radical (unpaired) electrons. The molecule has 6 heteroatoms. The minimum atomic E-state index is 0.697. The van der Waals surface area contributed by atoms with Crippen molar-refractivity contribution in [2.45, 2.75) is 13.1 Å². The fraction of sp³-hybridized carbons (Fsp3) is 0.368. The number of nitrogens with zero attached hydrogens (tertiary/aromatic N) is 4. The molecule has 1 aromatic heterocycles. The van der Waals surface area contributed by atoms with E-state index in [-0.39, 0.29) is 0 Å². The molecule has 0 atom stereocenters. The van der Waals surface area contributed by atoms with E-state index in [1.54, 1.807) is 14.2 Å². The largest absolute Gasteiger partial charge is 0.497 e. The first-order chi connectivity index (χ1) is 12.0. The molecule has 1 N–H and O–H groups in total. The fourth-order valence-corrected chi connectivity index (χ4v) is 2.46. The molecule has 0 aliphatic carbocycles. The van der Waals surface area contributed by atoms with Gasteiger partial charge in [0.2, 0.25) is 0 Å². The third-order valence-electron chi connectivity index (χ3n) is 3.87. The number of guanidine groups is 1. The molecular weight excluding hydrogens is 314 g/mol. The maximum atomic E-state index is 5.20. The molecule has 2 rings (SSSR count). The Morgan fingerprint density at radius 1 is 1.12 bits per heavy atom. The predicted octanol–water partition coefficient (Wildman–Crippen LogP) is 2.36. The molecule has 0 spiro atoms. The molecule has 1 heterocycles. The van der Waals surface area contributed by atoms with Crippen molar-refractivity contribution in [2.24, 2.45) is 4.99 Å². The summed E-state index contributed by atoms with van der Waals surface area (Å²) in [5.41, 5.74) is 2.36. The van der Waals surface area contributed by atoms with Crippen molar-refractivity contribution >= 4 is 11.8 Å². The van der Waals surface area contributed by atoms with E-state index in [2.05, 4.69) is 38.4 Å². The van der Waals surface area contributed by atoms with Crippen molar-refractivity contribution < 1.29 is 4.74 Å². The lowest BCUT2D eigenvalue weighted by molar-refractivity contribution is 0.414. The van der Waals surface area contributed by atoms with Gasteiger partial charge in [-0.2, -0.15) is 0 Å². The van der Waals surface area contributed by atoms with Gasteiger partial charge in [-0.15, -0.1) is 0 Å². The third kappa shape index (κ3) is 5.38. The number of aromatic nitrogens is 1. The Hall–Kier alpha value is -2.76. The van der Waals surface area contributed by atoms with E-state index < -0.39 is 0 Å². The van der Waals surface area contributed by atoms with Crippen molar-refractivity contribution in [3.63, 3.8) is 0 Å². The fourth-order valence-electron chi connectivity index (χ4n) is 2.46. The zero-order valence-electron chi connectivity index (χ0n) is 15.7. The van der Waals surface area contributed by atoms with Gasteiger partial charge in [0.05, 0.1) is 7.11 Å². The van der Waals surface area contributed by atoms with Gasteiger partial charge in [-0.25, -0.2) is 4.98 Å². The molecule has 0 unspecified atom stereocenters. The average Bonchev–Trinajstić information content (AvgIpc) is 2.63. The Balaban J connectivity index is 1.95. The maximum Gasteiger partial charge on any atom is 0.193 e. The van der Waals surface area contributed by atoms with Crippen molar-refractivity contribution in [3.05, 3.63) is 53.7 Å². The quantitative estimate of drug-likeness (QED) is 0.646. The van der Waals surface area contributed by atoms with Crippen molar-refractivity contribution in [3.8, 4) is 5.75 Å². The van der Waals surface area contributed by atoms with E-state index in [0.717, 1.165) is 29.6 Å². The summed E-state index contributed by atoms with van der Waals surface area (Å²) in [5, 5.41) is 3.40. The summed E-state index contributed by atoms with van der Waals surface area (Å²) in [6, 6.07) is 12.2. The molecule has 0 aliphatic heterocycles. The number of nitrogens with one attached hydrogen (secondary N) is 1. The average molecular weight is 341 g/mol. The molecule has 25 heavy (non-hydrogen) atoms. The second kappa shape index (κ2) is 8.92. The Labute approximate surface area is 150 Å². The van der Waals surface area contributed by atoms with Crippen molar-refractivity contribution in [1.82, 2.24) is 15.2 Å². The van der Waals surface area contributed by atoms with Crippen LogP contribution in [0.3, 0.4) is 0 Å². The summed E-state index contributed by atoms with van der Waals surface area (Å²) in [5.74, 6) is 2.66. The minimum absolute atomic E-state index is 0.697. The van der Waals surface area contributed by atoms with E-state index in [1.165, 1.54) is 5.56 Å². The second-order valence-corrected chi connectivity index (χ2v) is 6.02. The van der Waals surface area contributed by atoms with Crippen LogP contribution in [-0.2, 0) is 13.1 Å². The van der Waals surface area contributed by atoms with Crippen LogP contribution < -0.4 is 15.0 Å². The van der Waals surface area contributed by atoms with E-state index in [1.807, 2.05) is 50.4 Å². The predicted molar refractivity (Wildman–Crippen MR) is 103 cm³/mol. The summed E-state index contributed by atoms with van der Waals surface area (Å²) in [7, 11) is 9.47. The number of aliphatic imine (C=N–C) groups is 1. The Kier molecular flexibility index (Phi) is 6.62. The molecular formula is C19H27N5O. The number of anilines is 1. The third-order valence-corrected chi connectivity index (χ3v) is 3.87.